The second-order valence-electron chi connectivity index (χ2n) is 16.0. The SMILES string of the molecule is COCCOCCC(=O)CCCC(=O)N1Cc2ccccc2-c2c(nnn2CCOC(=O)NCCCCC(NC(C)(C)C)C(=O)C(C)(C)C)-c2ccccc21. The molecule has 0 aliphatic carbocycles. The Kier molecular flexibility index (Phi) is 16.1. The molecule has 0 bridgehead atoms. The molecular weight excluding hydrogens is 700 g/mol. The van der Waals surface area contributed by atoms with Crippen molar-refractivity contribution in [3.63, 3.8) is 0 Å². The van der Waals surface area contributed by atoms with E-state index in [0.29, 0.717) is 76.4 Å². The third-order valence-corrected chi connectivity index (χ3v) is 9.28. The summed E-state index contributed by atoms with van der Waals surface area (Å²) in [6.07, 6.45) is 2.93. The highest BCUT2D eigenvalue weighted by atomic mass is 16.5. The molecule has 13 heteroatoms. The van der Waals surface area contributed by atoms with E-state index in [0.717, 1.165) is 28.8 Å². The zero-order chi connectivity index (χ0) is 40.0. The fourth-order valence-corrected chi connectivity index (χ4v) is 6.58. The largest absolute Gasteiger partial charge is 0.448 e. The molecule has 3 aromatic rings. The number of unbranched alkanes of at least 4 members (excludes halogenated alkanes) is 1. The lowest BCUT2D eigenvalue weighted by Gasteiger charge is -2.31. The Labute approximate surface area is 325 Å². The third kappa shape index (κ3) is 13.1. The number of carbonyl (C=O) groups is 4. The molecule has 1 atom stereocenters. The van der Waals surface area contributed by atoms with Crippen molar-refractivity contribution < 1.29 is 33.4 Å². The summed E-state index contributed by atoms with van der Waals surface area (Å²) in [6.45, 7) is 14.4. The molecule has 0 spiro atoms. The van der Waals surface area contributed by atoms with Gasteiger partial charge in [-0.2, -0.15) is 0 Å². The van der Waals surface area contributed by atoms with Gasteiger partial charge in [0.05, 0.1) is 50.3 Å². The molecule has 1 aliphatic rings. The Morgan fingerprint density at radius 2 is 1.56 bits per heavy atom. The van der Waals surface area contributed by atoms with Crippen molar-refractivity contribution >= 4 is 29.3 Å². The average Bonchev–Trinajstić information content (AvgIpc) is 3.54. The monoisotopic (exact) mass is 760 g/mol. The van der Waals surface area contributed by atoms with Crippen LogP contribution in [0.2, 0.25) is 0 Å². The Morgan fingerprint density at radius 1 is 0.836 bits per heavy atom. The van der Waals surface area contributed by atoms with Gasteiger partial charge in [0.2, 0.25) is 5.91 Å². The van der Waals surface area contributed by atoms with Crippen molar-refractivity contribution in [1.29, 1.82) is 0 Å². The van der Waals surface area contributed by atoms with Gasteiger partial charge in [0, 0.05) is 55.0 Å². The molecule has 2 amide bonds. The standard InChI is InChI=1S/C42H60N6O7/c1-41(2,3)39(51)34(44-42(4,5)6)19-12-13-23-43-40(52)55-26-24-48-38-32-17-9-8-15-30(32)29-47(35-20-11-10-18-33(35)37(38)45-46-48)36(50)21-14-16-31(49)22-25-54-28-27-53-7/h8-11,15,17-18,20,34,44H,12-14,16,19,21-29H2,1-7H3,(H,43,52). The Balaban J connectivity index is 1.36. The van der Waals surface area contributed by atoms with Gasteiger partial charge in [0.1, 0.15) is 18.1 Å². The van der Waals surface area contributed by atoms with Crippen LogP contribution >= 0.6 is 0 Å². The van der Waals surface area contributed by atoms with Crippen molar-refractivity contribution in [1.82, 2.24) is 25.6 Å². The maximum atomic E-state index is 13.8. The van der Waals surface area contributed by atoms with Gasteiger partial charge in [-0.1, -0.05) is 68.4 Å². The first-order valence-electron chi connectivity index (χ1n) is 19.4. The highest BCUT2D eigenvalue weighted by molar-refractivity contribution is 6.00. The van der Waals surface area contributed by atoms with Crippen LogP contribution in [0, 0.1) is 5.41 Å². The first-order chi connectivity index (χ1) is 26.2. The van der Waals surface area contributed by atoms with E-state index in [1.165, 1.54) is 0 Å². The zero-order valence-electron chi connectivity index (χ0n) is 33.7. The van der Waals surface area contributed by atoms with Crippen LogP contribution in [0.5, 0.6) is 0 Å². The highest BCUT2D eigenvalue weighted by Gasteiger charge is 2.32. The molecule has 300 valence electrons. The number of nitrogens with one attached hydrogen (secondary N) is 2. The van der Waals surface area contributed by atoms with Crippen molar-refractivity contribution in [2.75, 3.05) is 45.0 Å². The molecule has 1 aliphatic heterocycles. The lowest BCUT2D eigenvalue weighted by Crippen LogP contribution is -2.50. The smallest absolute Gasteiger partial charge is 0.407 e. The number of rotatable bonds is 20. The summed E-state index contributed by atoms with van der Waals surface area (Å²) < 4.78 is 17.7. The van der Waals surface area contributed by atoms with Gasteiger partial charge in [0.15, 0.2) is 5.78 Å². The fraction of sp³-hybridized carbons (Fsp3) is 0.571. The number of benzene rings is 2. The molecule has 2 heterocycles. The number of ether oxygens (including phenoxy) is 3. The molecule has 0 fully saturated rings. The van der Waals surface area contributed by atoms with Crippen LogP contribution in [-0.4, -0.2) is 90.2 Å². The predicted octanol–water partition coefficient (Wildman–Crippen LogP) is 6.52. The molecule has 13 nitrogen and oxygen atoms in total. The number of methoxy groups -OCH3 is 1. The van der Waals surface area contributed by atoms with Gasteiger partial charge in [0.25, 0.3) is 0 Å². The van der Waals surface area contributed by atoms with Crippen LogP contribution in [0.15, 0.2) is 48.5 Å². The molecule has 2 N–H and O–H groups in total. The fourth-order valence-electron chi connectivity index (χ4n) is 6.58. The third-order valence-electron chi connectivity index (χ3n) is 9.28. The number of fused-ring (bicyclic) bond motifs is 5. The number of hydrogen-bond donors (Lipinski definition) is 2. The maximum absolute atomic E-state index is 13.8. The Morgan fingerprint density at radius 3 is 2.29 bits per heavy atom. The molecule has 0 radical (unpaired) electrons. The first-order valence-corrected chi connectivity index (χ1v) is 19.4. The second-order valence-corrected chi connectivity index (χ2v) is 16.0. The first kappa shape index (κ1) is 43.3. The number of para-hydroxylation sites is 1. The van der Waals surface area contributed by atoms with Crippen molar-refractivity contribution in [2.45, 2.75) is 111 Å². The highest BCUT2D eigenvalue weighted by Crippen LogP contribution is 2.41. The number of alkyl carbamates (subject to hydrolysis) is 1. The van der Waals surface area contributed by atoms with Gasteiger partial charge in [-0.05, 0) is 58.1 Å². The van der Waals surface area contributed by atoms with Crippen LogP contribution in [0.25, 0.3) is 22.5 Å². The van der Waals surface area contributed by atoms with Gasteiger partial charge < -0.3 is 29.7 Å². The Bertz CT molecular complexity index is 1740. The van der Waals surface area contributed by atoms with E-state index in [1.54, 1.807) is 16.7 Å². The molecule has 2 aromatic carbocycles. The van der Waals surface area contributed by atoms with Crippen LogP contribution in [0.3, 0.4) is 0 Å². The topological polar surface area (TPSA) is 154 Å². The summed E-state index contributed by atoms with van der Waals surface area (Å²) in [7, 11) is 1.60. The molecule has 0 saturated carbocycles. The number of aromatic nitrogens is 3. The predicted molar refractivity (Wildman–Crippen MR) is 213 cm³/mol. The normalized spacial score (nSPS) is 13.2. The summed E-state index contributed by atoms with van der Waals surface area (Å²) in [4.78, 5) is 53.6. The van der Waals surface area contributed by atoms with E-state index in [4.69, 9.17) is 14.2 Å². The van der Waals surface area contributed by atoms with E-state index in [9.17, 15) is 19.2 Å². The number of ketones is 2. The van der Waals surface area contributed by atoms with Crippen LogP contribution in [0.4, 0.5) is 10.5 Å². The number of nitrogens with zero attached hydrogens (tertiary/aromatic N) is 4. The molecule has 4 rings (SSSR count). The van der Waals surface area contributed by atoms with E-state index < -0.39 is 11.5 Å². The second kappa shape index (κ2) is 20.5. The van der Waals surface area contributed by atoms with Crippen molar-refractivity contribution in [2.24, 2.45) is 5.41 Å². The lowest BCUT2D eigenvalue weighted by molar-refractivity contribution is -0.129. The van der Waals surface area contributed by atoms with Crippen molar-refractivity contribution in [3.05, 3.63) is 54.1 Å². The molecule has 1 aromatic heterocycles. The maximum Gasteiger partial charge on any atom is 0.407 e. The molecule has 1 unspecified atom stereocenters. The summed E-state index contributed by atoms with van der Waals surface area (Å²) in [6, 6.07) is 15.2. The molecular formula is C42H60N6O7. The van der Waals surface area contributed by atoms with Gasteiger partial charge in [-0.3, -0.25) is 14.4 Å². The quantitative estimate of drug-likeness (QED) is 0.122. The number of anilines is 1. The minimum Gasteiger partial charge on any atom is -0.448 e. The number of amides is 2. The number of Topliss-reactive ketones (excluding diaryl/α,β-unsaturated/α-hetero) is 2. The summed E-state index contributed by atoms with van der Waals surface area (Å²) in [5, 5.41) is 15.4. The Hall–Kier alpha value is -4.46. The van der Waals surface area contributed by atoms with E-state index in [1.807, 2.05) is 69.3 Å². The lowest BCUT2D eigenvalue weighted by atomic mass is 9.84. The van der Waals surface area contributed by atoms with Crippen LogP contribution in [0.1, 0.15) is 92.1 Å². The number of carbonyl (C=O) groups excluding carboxylic acids is 4. The minimum atomic E-state index is -0.518. The summed E-state index contributed by atoms with van der Waals surface area (Å²) >= 11 is 0. The molecule has 0 saturated heterocycles. The summed E-state index contributed by atoms with van der Waals surface area (Å²) in [5.74, 6) is 0.168. The molecule has 55 heavy (non-hydrogen) atoms. The zero-order valence-corrected chi connectivity index (χ0v) is 33.7. The van der Waals surface area contributed by atoms with Crippen LogP contribution in [-0.2, 0) is 41.7 Å². The van der Waals surface area contributed by atoms with E-state index >= 15 is 0 Å². The van der Waals surface area contributed by atoms with E-state index in [2.05, 4.69) is 41.7 Å². The van der Waals surface area contributed by atoms with Gasteiger partial charge >= 0.3 is 6.09 Å². The van der Waals surface area contributed by atoms with Gasteiger partial charge in [-0.25, -0.2) is 9.48 Å². The summed E-state index contributed by atoms with van der Waals surface area (Å²) in [5.41, 5.74) is 4.05. The van der Waals surface area contributed by atoms with Gasteiger partial charge in [-0.15, -0.1) is 5.10 Å². The van der Waals surface area contributed by atoms with Crippen LogP contribution < -0.4 is 15.5 Å². The van der Waals surface area contributed by atoms with Crippen molar-refractivity contribution in [3.8, 4) is 22.5 Å². The average molecular weight is 761 g/mol. The minimum absolute atomic E-state index is 0.0645. The van der Waals surface area contributed by atoms with E-state index in [-0.39, 0.29) is 48.6 Å². The number of hydrogen-bond acceptors (Lipinski definition) is 10.